The van der Waals surface area contributed by atoms with E-state index in [9.17, 15) is 5.11 Å². The van der Waals surface area contributed by atoms with Crippen LogP contribution in [0.3, 0.4) is 0 Å². The van der Waals surface area contributed by atoms with Crippen LogP contribution in [-0.2, 0) is 0 Å². The highest BCUT2D eigenvalue weighted by Gasteiger charge is 2.42. The molecule has 3 heteroatoms. The first-order valence-electron chi connectivity index (χ1n) is 9.25. The van der Waals surface area contributed by atoms with Gasteiger partial charge < -0.3 is 15.3 Å². The number of aliphatic hydroxyl groups excluding tert-OH is 1. The number of hydrogen-bond acceptors (Lipinski definition) is 3. The van der Waals surface area contributed by atoms with Crippen molar-refractivity contribution in [2.24, 2.45) is 11.8 Å². The average Bonchev–Trinajstić information content (AvgIpc) is 3.34. The van der Waals surface area contributed by atoms with Crippen LogP contribution in [0.1, 0.15) is 65.2 Å². The fourth-order valence-corrected chi connectivity index (χ4v) is 4.69. The second-order valence-corrected chi connectivity index (χ2v) is 8.13. The number of aliphatic hydroxyl groups is 1. The fourth-order valence-electron chi connectivity index (χ4n) is 4.69. The molecule has 1 aliphatic heterocycles. The lowest BCUT2D eigenvalue weighted by molar-refractivity contribution is 0.0659. The van der Waals surface area contributed by atoms with E-state index in [4.69, 9.17) is 0 Å². The zero-order valence-corrected chi connectivity index (χ0v) is 14.0. The van der Waals surface area contributed by atoms with Crippen molar-refractivity contribution in [2.45, 2.75) is 82.8 Å². The minimum absolute atomic E-state index is 0.0229. The van der Waals surface area contributed by atoms with Crippen LogP contribution in [0.4, 0.5) is 0 Å². The molecule has 0 radical (unpaired) electrons. The molecule has 3 unspecified atom stereocenters. The van der Waals surface area contributed by atoms with E-state index in [1.54, 1.807) is 0 Å². The molecule has 0 spiro atoms. The molecule has 0 amide bonds. The average molecular weight is 294 g/mol. The molecule has 3 nitrogen and oxygen atoms in total. The number of rotatable bonds is 5. The third-order valence-corrected chi connectivity index (χ3v) is 6.41. The Labute approximate surface area is 130 Å². The van der Waals surface area contributed by atoms with E-state index in [1.807, 2.05) is 0 Å². The van der Waals surface area contributed by atoms with Crippen molar-refractivity contribution < 1.29 is 5.11 Å². The lowest BCUT2D eigenvalue weighted by atomic mass is 9.83. The van der Waals surface area contributed by atoms with Crippen molar-refractivity contribution in [3.8, 4) is 0 Å². The topological polar surface area (TPSA) is 35.5 Å². The van der Waals surface area contributed by atoms with Crippen LogP contribution >= 0.6 is 0 Å². The maximum atomic E-state index is 9.74. The standard InChI is InChI=1S/C18H34N2O/c1-14-5-3-4-6-17(14)20-11-9-16(10-12-20)19-18(2,13-21)15-7-8-15/h14-17,19,21H,3-13H2,1-2H3. The van der Waals surface area contributed by atoms with E-state index in [0.29, 0.717) is 12.0 Å². The monoisotopic (exact) mass is 294 g/mol. The Morgan fingerprint density at radius 2 is 1.71 bits per heavy atom. The summed E-state index contributed by atoms with van der Waals surface area (Å²) in [7, 11) is 0. The summed E-state index contributed by atoms with van der Waals surface area (Å²) in [5, 5.41) is 13.5. The second-order valence-electron chi connectivity index (χ2n) is 8.13. The SMILES string of the molecule is CC1CCCCC1N1CCC(NC(C)(CO)C2CC2)CC1. The molecular formula is C18H34N2O. The summed E-state index contributed by atoms with van der Waals surface area (Å²) in [5.74, 6) is 1.59. The van der Waals surface area contributed by atoms with Gasteiger partial charge in [0.2, 0.25) is 0 Å². The highest BCUT2D eigenvalue weighted by Crippen LogP contribution is 2.40. The summed E-state index contributed by atoms with van der Waals surface area (Å²) in [4.78, 5) is 2.76. The fraction of sp³-hybridized carbons (Fsp3) is 1.00. The molecule has 0 aromatic rings. The number of nitrogens with one attached hydrogen (secondary N) is 1. The predicted octanol–water partition coefficient (Wildman–Crippen LogP) is 2.78. The van der Waals surface area contributed by atoms with Gasteiger partial charge in [-0.3, -0.25) is 0 Å². The van der Waals surface area contributed by atoms with Crippen molar-refractivity contribution >= 4 is 0 Å². The smallest absolute Gasteiger partial charge is 0.0613 e. The lowest BCUT2D eigenvalue weighted by Crippen LogP contribution is -2.56. The van der Waals surface area contributed by atoms with Crippen molar-refractivity contribution in [2.75, 3.05) is 19.7 Å². The zero-order valence-electron chi connectivity index (χ0n) is 14.0. The Kier molecular flexibility index (Phi) is 4.92. The van der Waals surface area contributed by atoms with Crippen LogP contribution in [-0.4, -0.2) is 47.3 Å². The first-order valence-corrected chi connectivity index (χ1v) is 9.25. The van der Waals surface area contributed by atoms with E-state index in [2.05, 4.69) is 24.1 Å². The molecule has 0 bridgehead atoms. The molecule has 2 saturated carbocycles. The van der Waals surface area contributed by atoms with Crippen molar-refractivity contribution in [3.05, 3.63) is 0 Å². The maximum absolute atomic E-state index is 9.74. The number of nitrogens with zero attached hydrogens (tertiary/aromatic N) is 1. The molecular weight excluding hydrogens is 260 g/mol. The first-order chi connectivity index (χ1) is 10.1. The van der Waals surface area contributed by atoms with E-state index in [-0.39, 0.29) is 12.1 Å². The molecule has 122 valence electrons. The summed E-state index contributed by atoms with van der Waals surface area (Å²) in [6, 6.07) is 1.45. The van der Waals surface area contributed by atoms with Gasteiger partial charge in [-0.1, -0.05) is 19.8 Å². The van der Waals surface area contributed by atoms with Gasteiger partial charge in [0.05, 0.1) is 6.61 Å². The molecule has 3 fully saturated rings. The Hall–Kier alpha value is -0.120. The van der Waals surface area contributed by atoms with Gasteiger partial charge in [-0.15, -0.1) is 0 Å². The van der Waals surface area contributed by atoms with Gasteiger partial charge in [-0.2, -0.15) is 0 Å². The highest BCUT2D eigenvalue weighted by molar-refractivity contribution is 5.00. The van der Waals surface area contributed by atoms with Crippen LogP contribution in [0.2, 0.25) is 0 Å². The summed E-state index contributed by atoms with van der Waals surface area (Å²) in [6.07, 6.45) is 10.8. The molecule has 3 aliphatic rings. The first kappa shape index (κ1) is 15.8. The second kappa shape index (κ2) is 6.55. The highest BCUT2D eigenvalue weighted by atomic mass is 16.3. The number of hydrogen-bond donors (Lipinski definition) is 2. The van der Waals surface area contributed by atoms with Crippen LogP contribution in [0.5, 0.6) is 0 Å². The van der Waals surface area contributed by atoms with Gasteiger partial charge in [0.25, 0.3) is 0 Å². The van der Waals surface area contributed by atoms with E-state index in [0.717, 1.165) is 12.0 Å². The summed E-state index contributed by atoms with van der Waals surface area (Å²) >= 11 is 0. The molecule has 21 heavy (non-hydrogen) atoms. The molecule has 2 N–H and O–H groups in total. The Morgan fingerprint density at radius 3 is 2.29 bits per heavy atom. The van der Waals surface area contributed by atoms with Crippen molar-refractivity contribution in [1.29, 1.82) is 0 Å². The van der Waals surface area contributed by atoms with Gasteiger partial charge >= 0.3 is 0 Å². The van der Waals surface area contributed by atoms with E-state index in [1.165, 1.54) is 64.5 Å². The summed E-state index contributed by atoms with van der Waals surface area (Å²) in [6.45, 7) is 7.46. The van der Waals surface area contributed by atoms with Gasteiger partial charge in [-0.25, -0.2) is 0 Å². The minimum Gasteiger partial charge on any atom is -0.394 e. The molecule has 0 aromatic heterocycles. The molecule has 1 heterocycles. The Bertz CT molecular complexity index is 336. The molecule has 3 atom stereocenters. The van der Waals surface area contributed by atoms with Gasteiger partial charge in [0.1, 0.15) is 0 Å². The van der Waals surface area contributed by atoms with Crippen LogP contribution in [0.15, 0.2) is 0 Å². The van der Waals surface area contributed by atoms with Crippen LogP contribution in [0.25, 0.3) is 0 Å². The third-order valence-electron chi connectivity index (χ3n) is 6.41. The molecule has 3 rings (SSSR count). The molecule has 1 saturated heterocycles. The van der Waals surface area contributed by atoms with Crippen LogP contribution in [0, 0.1) is 11.8 Å². The zero-order chi connectivity index (χ0) is 14.9. The minimum atomic E-state index is -0.0229. The largest absolute Gasteiger partial charge is 0.394 e. The maximum Gasteiger partial charge on any atom is 0.0613 e. The Morgan fingerprint density at radius 1 is 1.05 bits per heavy atom. The predicted molar refractivity (Wildman–Crippen MR) is 87.4 cm³/mol. The van der Waals surface area contributed by atoms with Crippen molar-refractivity contribution in [3.63, 3.8) is 0 Å². The van der Waals surface area contributed by atoms with Gasteiger partial charge in [0, 0.05) is 17.6 Å². The summed E-state index contributed by atoms with van der Waals surface area (Å²) in [5.41, 5.74) is -0.0229. The third kappa shape index (κ3) is 3.62. The normalized spacial score (nSPS) is 35.6. The van der Waals surface area contributed by atoms with Crippen molar-refractivity contribution in [1.82, 2.24) is 10.2 Å². The van der Waals surface area contributed by atoms with E-state index < -0.39 is 0 Å². The summed E-state index contributed by atoms with van der Waals surface area (Å²) < 4.78 is 0. The van der Waals surface area contributed by atoms with E-state index >= 15 is 0 Å². The quantitative estimate of drug-likeness (QED) is 0.818. The molecule has 0 aromatic carbocycles. The number of piperidine rings is 1. The molecule has 2 aliphatic carbocycles. The Balaban J connectivity index is 1.48. The van der Waals surface area contributed by atoms with Gasteiger partial charge in [0.15, 0.2) is 0 Å². The van der Waals surface area contributed by atoms with Crippen LogP contribution < -0.4 is 5.32 Å². The number of likely N-dealkylation sites (tertiary alicyclic amines) is 1. The van der Waals surface area contributed by atoms with Gasteiger partial charge in [-0.05, 0) is 70.4 Å². The lowest BCUT2D eigenvalue weighted by Gasteiger charge is -2.44.